The van der Waals surface area contributed by atoms with Crippen LogP contribution in [-0.2, 0) is 0 Å². The third-order valence-electron chi connectivity index (χ3n) is 11.7. The van der Waals surface area contributed by atoms with Gasteiger partial charge < -0.3 is 4.57 Å². The van der Waals surface area contributed by atoms with E-state index >= 15 is 0 Å². The Morgan fingerprint density at radius 3 is 1.47 bits per heavy atom. The number of aromatic nitrogens is 5. The largest absolute Gasteiger partial charge is 0.308 e. The third-order valence-corrected chi connectivity index (χ3v) is 11.7. The number of nitriles is 1. The van der Waals surface area contributed by atoms with E-state index in [4.69, 9.17) is 19.9 Å². The Kier molecular flexibility index (Phi) is 9.68. The molecule has 11 rings (SSSR count). The maximum absolute atomic E-state index is 10.9. The maximum Gasteiger partial charge on any atom is 0.162 e. The minimum absolute atomic E-state index is 0.450. The van der Waals surface area contributed by atoms with Gasteiger partial charge in [-0.2, -0.15) is 5.26 Å². The average Bonchev–Trinajstić information content (AvgIpc) is 3.70. The average molecular weight is 819 g/mol. The summed E-state index contributed by atoms with van der Waals surface area (Å²) in [6.45, 7) is 2.12. The molecule has 0 amide bonds. The van der Waals surface area contributed by atoms with Crippen molar-refractivity contribution in [3.63, 3.8) is 0 Å². The minimum Gasteiger partial charge on any atom is -0.308 e. The lowest BCUT2D eigenvalue weighted by atomic mass is 9.97. The number of benzene rings is 8. The van der Waals surface area contributed by atoms with E-state index in [9.17, 15) is 5.26 Å². The summed E-state index contributed by atoms with van der Waals surface area (Å²) in [5, 5.41) is 13.1. The molecule has 64 heavy (non-hydrogen) atoms. The number of hydrogen-bond donors (Lipinski definition) is 0. The molecular weight excluding hydrogens is 781 g/mol. The van der Waals surface area contributed by atoms with Crippen LogP contribution < -0.4 is 0 Å². The highest BCUT2D eigenvalue weighted by Crippen LogP contribution is 2.43. The molecule has 6 nitrogen and oxygen atoms in total. The predicted octanol–water partition coefficient (Wildman–Crippen LogP) is 14.2. The van der Waals surface area contributed by atoms with Crippen LogP contribution >= 0.6 is 0 Å². The summed E-state index contributed by atoms with van der Waals surface area (Å²) in [6.07, 6.45) is 0. The summed E-state index contributed by atoms with van der Waals surface area (Å²) in [7, 11) is 0. The van der Waals surface area contributed by atoms with Crippen molar-refractivity contribution < 1.29 is 0 Å². The molecule has 0 radical (unpaired) electrons. The molecule has 0 spiro atoms. The van der Waals surface area contributed by atoms with Gasteiger partial charge in [0, 0.05) is 44.2 Å². The van der Waals surface area contributed by atoms with Crippen LogP contribution in [0.25, 0.3) is 106 Å². The molecule has 0 N–H and O–H groups in total. The second kappa shape index (κ2) is 16.2. The molecule has 0 aliphatic rings. The zero-order valence-corrected chi connectivity index (χ0v) is 34.9. The molecule has 0 aliphatic carbocycles. The van der Waals surface area contributed by atoms with Gasteiger partial charge in [-0.05, 0) is 54.4 Å². The highest BCUT2D eigenvalue weighted by Gasteiger charge is 2.25. The van der Waals surface area contributed by atoms with Gasteiger partial charge in [0.25, 0.3) is 0 Å². The smallest absolute Gasteiger partial charge is 0.162 e. The van der Waals surface area contributed by atoms with E-state index in [1.165, 1.54) is 5.56 Å². The van der Waals surface area contributed by atoms with Crippen LogP contribution in [0.1, 0.15) is 11.1 Å². The van der Waals surface area contributed by atoms with Crippen LogP contribution in [0.5, 0.6) is 0 Å². The van der Waals surface area contributed by atoms with Crippen LogP contribution in [0.4, 0.5) is 0 Å². The van der Waals surface area contributed by atoms with Gasteiger partial charge in [-0.3, -0.25) is 0 Å². The molecule has 11 aromatic rings. The van der Waals surface area contributed by atoms with Gasteiger partial charge in [0.05, 0.1) is 51.1 Å². The predicted molar refractivity (Wildman–Crippen MR) is 259 cm³/mol. The van der Waals surface area contributed by atoms with E-state index in [-0.39, 0.29) is 0 Å². The highest BCUT2D eigenvalue weighted by atomic mass is 15.0. The standard InChI is InChI=1S/C58H38N6/c1-38-17-16-26-44(31-38)45-29-30-47-46-27-14-15-28-54(46)64(55(47)34-45)56-48(53-36-52(42-22-10-4-11-23-42)60-57(63-53)43-24-12-5-13-25-43)32-39(37-59)33-49(56)58-61-50(40-18-6-2-7-19-40)35-51(62-58)41-20-8-3-9-21-41/h2-36H,1H3. The Morgan fingerprint density at radius 2 is 0.859 bits per heavy atom. The minimum atomic E-state index is 0.450. The van der Waals surface area contributed by atoms with Gasteiger partial charge in [0.15, 0.2) is 11.6 Å². The third kappa shape index (κ3) is 7.07. The van der Waals surface area contributed by atoms with Crippen molar-refractivity contribution in [2.75, 3.05) is 0 Å². The monoisotopic (exact) mass is 818 g/mol. The number of nitrogens with zero attached hydrogens (tertiary/aromatic N) is 6. The van der Waals surface area contributed by atoms with Gasteiger partial charge in [-0.25, -0.2) is 19.9 Å². The van der Waals surface area contributed by atoms with Crippen LogP contribution in [0.15, 0.2) is 212 Å². The Morgan fingerprint density at radius 1 is 0.375 bits per heavy atom. The van der Waals surface area contributed by atoms with Crippen molar-refractivity contribution in [2.24, 2.45) is 0 Å². The lowest BCUT2D eigenvalue weighted by Gasteiger charge is -2.20. The molecule has 8 aromatic carbocycles. The summed E-state index contributed by atoms with van der Waals surface area (Å²) >= 11 is 0. The van der Waals surface area contributed by atoms with Gasteiger partial charge in [-0.1, -0.05) is 181 Å². The van der Waals surface area contributed by atoms with Crippen LogP contribution in [0, 0.1) is 18.3 Å². The van der Waals surface area contributed by atoms with Crippen molar-refractivity contribution in [1.82, 2.24) is 24.5 Å². The quantitative estimate of drug-likeness (QED) is 0.153. The van der Waals surface area contributed by atoms with E-state index in [0.717, 1.165) is 83.5 Å². The fourth-order valence-corrected chi connectivity index (χ4v) is 8.66. The molecule has 0 saturated carbocycles. The first kappa shape index (κ1) is 38.2. The van der Waals surface area contributed by atoms with Gasteiger partial charge in [-0.15, -0.1) is 0 Å². The first-order chi connectivity index (χ1) is 31.6. The van der Waals surface area contributed by atoms with E-state index in [1.54, 1.807) is 0 Å². The normalized spacial score (nSPS) is 11.2. The highest BCUT2D eigenvalue weighted by molar-refractivity contribution is 6.11. The van der Waals surface area contributed by atoms with Crippen molar-refractivity contribution in [3.8, 4) is 90.7 Å². The Bertz CT molecular complexity index is 3290. The van der Waals surface area contributed by atoms with E-state index < -0.39 is 0 Å². The fraction of sp³-hybridized carbons (Fsp3) is 0.0172. The number of para-hydroxylation sites is 1. The lowest BCUT2D eigenvalue weighted by Crippen LogP contribution is -2.06. The lowest BCUT2D eigenvalue weighted by molar-refractivity contribution is 1.13. The summed E-state index contributed by atoms with van der Waals surface area (Å²) in [6, 6.07) is 74.8. The number of rotatable bonds is 8. The summed E-state index contributed by atoms with van der Waals surface area (Å²) in [5.74, 6) is 1.06. The van der Waals surface area contributed by atoms with E-state index in [1.807, 2.05) is 109 Å². The van der Waals surface area contributed by atoms with Crippen LogP contribution in [0.3, 0.4) is 0 Å². The van der Waals surface area contributed by atoms with Crippen molar-refractivity contribution >= 4 is 21.8 Å². The zero-order chi connectivity index (χ0) is 43.0. The number of fused-ring (bicyclic) bond motifs is 3. The van der Waals surface area contributed by atoms with Crippen molar-refractivity contribution in [1.29, 1.82) is 5.26 Å². The van der Waals surface area contributed by atoms with Crippen LogP contribution in [0.2, 0.25) is 0 Å². The summed E-state index contributed by atoms with van der Waals surface area (Å²) in [5.41, 5.74) is 14.8. The van der Waals surface area contributed by atoms with E-state index in [0.29, 0.717) is 28.5 Å². The summed E-state index contributed by atoms with van der Waals surface area (Å²) in [4.78, 5) is 21.3. The molecule has 3 heterocycles. The molecular formula is C58H38N6. The molecule has 0 bridgehead atoms. The first-order valence-electron chi connectivity index (χ1n) is 21.3. The van der Waals surface area contributed by atoms with Crippen molar-refractivity contribution in [2.45, 2.75) is 6.92 Å². The Balaban J connectivity index is 1.30. The summed E-state index contributed by atoms with van der Waals surface area (Å²) < 4.78 is 2.32. The molecule has 6 heteroatoms. The van der Waals surface area contributed by atoms with Crippen LogP contribution in [-0.4, -0.2) is 24.5 Å². The first-order valence-corrected chi connectivity index (χ1v) is 21.3. The van der Waals surface area contributed by atoms with Gasteiger partial charge in [0.1, 0.15) is 0 Å². The molecule has 0 saturated heterocycles. The number of hydrogen-bond acceptors (Lipinski definition) is 5. The van der Waals surface area contributed by atoms with Gasteiger partial charge in [0.2, 0.25) is 0 Å². The fourth-order valence-electron chi connectivity index (χ4n) is 8.66. The zero-order valence-electron chi connectivity index (χ0n) is 34.9. The maximum atomic E-state index is 10.9. The molecule has 300 valence electrons. The Labute approximate surface area is 371 Å². The molecule has 0 unspecified atom stereocenters. The Hall–Kier alpha value is -8.79. The molecule has 0 fully saturated rings. The van der Waals surface area contributed by atoms with Crippen molar-refractivity contribution in [3.05, 3.63) is 223 Å². The second-order valence-corrected chi connectivity index (χ2v) is 15.9. The number of aryl methyl sites for hydroxylation is 1. The SMILES string of the molecule is Cc1cccc(-c2ccc3c4ccccc4n(-c4c(-c5cc(-c6ccccc6)nc(-c6ccccc6)n5)cc(C#N)cc4-c4nc(-c5ccccc5)cc(-c5ccccc5)n4)c3c2)c1. The van der Waals surface area contributed by atoms with E-state index in [2.05, 4.69) is 121 Å². The molecule has 3 aromatic heterocycles. The topological polar surface area (TPSA) is 80.3 Å². The van der Waals surface area contributed by atoms with Gasteiger partial charge >= 0.3 is 0 Å². The molecule has 0 atom stereocenters. The molecule has 0 aliphatic heterocycles. The second-order valence-electron chi connectivity index (χ2n) is 15.9.